The number of aliphatic hydroxyl groups is 1. The molecule has 0 unspecified atom stereocenters. The summed E-state index contributed by atoms with van der Waals surface area (Å²) in [5.41, 5.74) is 1.36. The summed E-state index contributed by atoms with van der Waals surface area (Å²) in [7, 11) is 1.74. The van der Waals surface area contributed by atoms with Gasteiger partial charge in [-0.2, -0.15) is 5.10 Å². The minimum absolute atomic E-state index is 0.285. The molecule has 2 N–H and O–H groups in total. The molecule has 5 heteroatoms. The lowest BCUT2D eigenvalue weighted by Crippen LogP contribution is -2.06. The van der Waals surface area contributed by atoms with Gasteiger partial charge in [-0.3, -0.25) is 9.48 Å². The fourth-order valence-corrected chi connectivity index (χ4v) is 1.12. The normalized spacial score (nSPS) is 12.8. The number of carboxylic acid groups (broad SMARTS) is 1. The van der Waals surface area contributed by atoms with Crippen LogP contribution in [0.25, 0.3) is 0 Å². The summed E-state index contributed by atoms with van der Waals surface area (Å²) in [6.07, 6.45) is 0.237. The summed E-state index contributed by atoms with van der Waals surface area (Å²) in [5, 5.41) is 21.8. The summed E-state index contributed by atoms with van der Waals surface area (Å²) in [6, 6.07) is 0. The molecule has 5 nitrogen and oxygen atoms in total. The van der Waals surface area contributed by atoms with Crippen LogP contribution in [0.2, 0.25) is 0 Å². The van der Waals surface area contributed by atoms with E-state index < -0.39 is 12.1 Å². The Kier molecular flexibility index (Phi) is 2.67. The van der Waals surface area contributed by atoms with Gasteiger partial charge >= 0.3 is 5.97 Å². The second kappa shape index (κ2) is 3.57. The number of rotatable bonds is 3. The van der Waals surface area contributed by atoms with Crippen LogP contribution in [0.3, 0.4) is 0 Å². The van der Waals surface area contributed by atoms with Crippen molar-refractivity contribution in [1.29, 1.82) is 0 Å². The quantitative estimate of drug-likeness (QED) is 0.705. The number of carbonyl (C=O) groups is 1. The molecule has 1 rings (SSSR count). The molecule has 0 spiro atoms. The highest BCUT2D eigenvalue weighted by molar-refractivity contribution is 5.67. The molecule has 0 fully saturated rings. The molecule has 0 saturated carbocycles. The van der Waals surface area contributed by atoms with Gasteiger partial charge in [-0.1, -0.05) is 0 Å². The van der Waals surface area contributed by atoms with E-state index in [4.69, 9.17) is 5.11 Å². The van der Waals surface area contributed by atoms with Crippen LogP contribution in [0.15, 0.2) is 6.20 Å². The Morgan fingerprint density at radius 2 is 2.38 bits per heavy atom. The zero-order valence-corrected chi connectivity index (χ0v) is 7.56. The van der Waals surface area contributed by atoms with Crippen LogP contribution < -0.4 is 0 Å². The number of hydrogen-bond acceptors (Lipinski definition) is 3. The number of carboxylic acids is 1. The Labute approximate surface area is 75.6 Å². The number of hydrogen-bond donors (Lipinski definition) is 2. The highest BCUT2D eigenvalue weighted by Gasteiger charge is 2.16. The minimum atomic E-state index is -1.02. The zero-order chi connectivity index (χ0) is 10.0. The van der Waals surface area contributed by atoms with Gasteiger partial charge in [0, 0.05) is 18.3 Å². The Morgan fingerprint density at radius 3 is 2.77 bits per heavy atom. The third-order valence-electron chi connectivity index (χ3n) is 2.00. The number of aliphatic carboxylic acids is 1. The molecule has 0 aliphatic carbocycles. The number of aryl methyl sites for hydroxylation is 1. The van der Waals surface area contributed by atoms with Gasteiger partial charge in [-0.25, -0.2) is 0 Å². The van der Waals surface area contributed by atoms with Crippen molar-refractivity contribution in [2.45, 2.75) is 19.4 Å². The molecule has 1 heterocycles. The van der Waals surface area contributed by atoms with Crippen LogP contribution in [-0.2, 0) is 11.8 Å². The van der Waals surface area contributed by atoms with E-state index in [2.05, 4.69) is 5.10 Å². The van der Waals surface area contributed by atoms with Crippen molar-refractivity contribution in [2.75, 3.05) is 0 Å². The summed E-state index contributed by atoms with van der Waals surface area (Å²) in [5.74, 6) is -1.02. The Hall–Kier alpha value is -1.36. The molecular formula is C8H12N2O3. The first-order valence-electron chi connectivity index (χ1n) is 3.90. The number of nitrogens with zero attached hydrogens (tertiary/aromatic N) is 2. The molecule has 0 bridgehead atoms. The van der Waals surface area contributed by atoms with Gasteiger partial charge in [0.05, 0.1) is 18.7 Å². The Balaban J connectivity index is 2.82. The van der Waals surface area contributed by atoms with Gasteiger partial charge in [-0.15, -0.1) is 0 Å². The van der Waals surface area contributed by atoms with Crippen LogP contribution in [0.4, 0.5) is 0 Å². The molecule has 1 aromatic rings. The van der Waals surface area contributed by atoms with Crippen molar-refractivity contribution in [1.82, 2.24) is 9.78 Å². The minimum Gasteiger partial charge on any atom is -0.481 e. The van der Waals surface area contributed by atoms with Crippen molar-refractivity contribution >= 4 is 5.97 Å². The molecule has 0 amide bonds. The highest BCUT2D eigenvalue weighted by Crippen LogP contribution is 2.19. The summed E-state index contributed by atoms with van der Waals surface area (Å²) < 4.78 is 1.60. The van der Waals surface area contributed by atoms with Gasteiger partial charge < -0.3 is 10.2 Å². The lowest BCUT2D eigenvalue weighted by Gasteiger charge is -2.06. The first-order valence-corrected chi connectivity index (χ1v) is 3.90. The molecule has 13 heavy (non-hydrogen) atoms. The van der Waals surface area contributed by atoms with Crippen LogP contribution in [0.5, 0.6) is 0 Å². The van der Waals surface area contributed by atoms with Crippen molar-refractivity contribution in [3.63, 3.8) is 0 Å². The fourth-order valence-electron chi connectivity index (χ4n) is 1.12. The van der Waals surface area contributed by atoms with E-state index >= 15 is 0 Å². The standard InChI is InChI=1S/C8H12N2O3/c1-5-6(4-9-10(5)2)7(11)3-8(12)13/h4,7,11H,3H2,1-2H3,(H,12,13)/t7-/m1/s1. The fraction of sp³-hybridized carbons (Fsp3) is 0.500. The lowest BCUT2D eigenvalue weighted by molar-refractivity contribution is -0.139. The Morgan fingerprint density at radius 1 is 1.77 bits per heavy atom. The van der Waals surface area contributed by atoms with Crippen molar-refractivity contribution in [2.24, 2.45) is 7.05 Å². The maximum absolute atomic E-state index is 10.3. The average molecular weight is 184 g/mol. The monoisotopic (exact) mass is 184 g/mol. The molecule has 0 radical (unpaired) electrons. The number of aliphatic hydroxyl groups excluding tert-OH is 1. The van der Waals surface area contributed by atoms with Crippen molar-refractivity contribution in [3.05, 3.63) is 17.5 Å². The van der Waals surface area contributed by atoms with Gasteiger partial charge in [0.15, 0.2) is 0 Å². The predicted molar refractivity (Wildman–Crippen MR) is 45.2 cm³/mol. The van der Waals surface area contributed by atoms with Crippen LogP contribution in [0.1, 0.15) is 23.8 Å². The average Bonchev–Trinajstić information content (AvgIpc) is 2.31. The molecular weight excluding hydrogens is 172 g/mol. The van der Waals surface area contributed by atoms with Crippen LogP contribution in [0, 0.1) is 6.92 Å². The van der Waals surface area contributed by atoms with E-state index in [9.17, 15) is 9.90 Å². The summed E-state index contributed by atoms with van der Waals surface area (Å²) in [4.78, 5) is 10.3. The van der Waals surface area contributed by atoms with Gasteiger partial charge in [-0.05, 0) is 6.92 Å². The second-order valence-electron chi connectivity index (χ2n) is 2.92. The van der Waals surface area contributed by atoms with E-state index in [-0.39, 0.29) is 6.42 Å². The topological polar surface area (TPSA) is 75.3 Å². The number of aromatic nitrogens is 2. The van der Waals surface area contributed by atoms with Crippen molar-refractivity contribution < 1.29 is 15.0 Å². The van der Waals surface area contributed by atoms with Gasteiger partial charge in [0.25, 0.3) is 0 Å². The molecule has 0 saturated heterocycles. The smallest absolute Gasteiger partial charge is 0.306 e. The first-order chi connectivity index (χ1) is 6.02. The SMILES string of the molecule is Cc1c([C@H](O)CC(=O)O)cnn1C. The van der Waals surface area contributed by atoms with E-state index in [1.807, 2.05) is 0 Å². The first kappa shape index (κ1) is 9.73. The summed E-state index contributed by atoms with van der Waals surface area (Å²) in [6.45, 7) is 1.79. The van der Waals surface area contributed by atoms with Gasteiger partial charge in [0.1, 0.15) is 0 Å². The maximum Gasteiger partial charge on any atom is 0.306 e. The third kappa shape index (κ3) is 2.06. The molecule has 1 aromatic heterocycles. The molecule has 0 aliphatic rings. The van der Waals surface area contributed by atoms with E-state index in [1.165, 1.54) is 6.20 Å². The largest absolute Gasteiger partial charge is 0.481 e. The van der Waals surface area contributed by atoms with Crippen LogP contribution in [-0.4, -0.2) is 26.0 Å². The van der Waals surface area contributed by atoms with E-state index in [0.29, 0.717) is 5.56 Å². The van der Waals surface area contributed by atoms with E-state index in [1.54, 1.807) is 18.7 Å². The summed E-state index contributed by atoms with van der Waals surface area (Å²) >= 11 is 0. The van der Waals surface area contributed by atoms with Crippen molar-refractivity contribution in [3.8, 4) is 0 Å². The van der Waals surface area contributed by atoms with Crippen LogP contribution >= 0.6 is 0 Å². The lowest BCUT2D eigenvalue weighted by atomic mass is 10.1. The van der Waals surface area contributed by atoms with Gasteiger partial charge in [0.2, 0.25) is 0 Å². The third-order valence-corrected chi connectivity index (χ3v) is 2.00. The van der Waals surface area contributed by atoms with E-state index in [0.717, 1.165) is 5.69 Å². The zero-order valence-electron chi connectivity index (χ0n) is 7.56. The molecule has 72 valence electrons. The second-order valence-corrected chi connectivity index (χ2v) is 2.92. The predicted octanol–water partition coefficient (Wildman–Crippen LogP) is 0.237. The highest BCUT2D eigenvalue weighted by atomic mass is 16.4. The Bertz CT molecular complexity index is 319. The molecule has 0 aromatic carbocycles. The molecule has 1 atom stereocenters. The molecule has 0 aliphatic heterocycles. The maximum atomic E-state index is 10.3.